The second kappa shape index (κ2) is 5.65. The number of methoxy groups -OCH3 is 2. The van der Waals surface area contributed by atoms with E-state index in [9.17, 15) is 4.79 Å². The first-order valence-electron chi connectivity index (χ1n) is 4.63. The standard InChI is InChI=1S/C11H14O4S/c1-14-8-4-7(6-10(12)13)5-9(16-3)11(8)15-2/h4-5H,6H2,1-3H3,(H,12,13). The van der Waals surface area contributed by atoms with Crippen molar-refractivity contribution in [2.24, 2.45) is 0 Å². The van der Waals surface area contributed by atoms with Gasteiger partial charge in [0.15, 0.2) is 11.5 Å². The van der Waals surface area contributed by atoms with Crippen LogP contribution in [0.25, 0.3) is 0 Å². The normalized spacial score (nSPS) is 9.94. The Balaban J connectivity index is 3.20. The lowest BCUT2D eigenvalue weighted by Crippen LogP contribution is -2.02. The number of aliphatic carboxylic acids is 1. The molecule has 16 heavy (non-hydrogen) atoms. The maximum atomic E-state index is 10.6. The van der Waals surface area contributed by atoms with Crippen LogP contribution in [0.3, 0.4) is 0 Å². The summed E-state index contributed by atoms with van der Waals surface area (Å²) in [4.78, 5) is 11.5. The van der Waals surface area contributed by atoms with Crippen molar-refractivity contribution in [3.63, 3.8) is 0 Å². The molecule has 0 heterocycles. The number of carboxylic acid groups (broad SMARTS) is 1. The molecule has 1 aromatic rings. The largest absolute Gasteiger partial charge is 0.493 e. The van der Waals surface area contributed by atoms with E-state index in [2.05, 4.69) is 0 Å². The topological polar surface area (TPSA) is 55.8 Å². The van der Waals surface area contributed by atoms with E-state index in [1.165, 1.54) is 18.9 Å². The molecule has 0 aliphatic heterocycles. The molecule has 0 bridgehead atoms. The van der Waals surface area contributed by atoms with E-state index >= 15 is 0 Å². The number of rotatable bonds is 5. The third kappa shape index (κ3) is 2.82. The molecule has 1 rings (SSSR count). The molecule has 0 radical (unpaired) electrons. The Morgan fingerprint density at radius 1 is 1.38 bits per heavy atom. The van der Waals surface area contributed by atoms with E-state index < -0.39 is 5.97 Å². The Labute approximate surface area is 98.6 Å². The summed E-state index contributed by atoms with van der Waals surface area (Å²) >= 11 is 1.49. The lowest BCUT2D eigenvalue weighted by molar-refractivity contribution is -0.136. The highest BCUT2D eigenvalue weighted by molar-refractivity contribution is 7.98. The summed E-state index contributed by atoms with van der Waals surface area (Å²) in [6.45, 7) is 0. The van der Waals surface area contributed by atoms with Gasteiger partial charge in [-0.25, -0.2) is 0 Å². The molecule has 0 aromatic heterocycles. The monoisotopic (exact) mass is 242 g/mol. The Bertz CT molecular complexity index is 365. The summed E-state index contributed by atoms with van der Waals surface area (Å²) in [7, 11) is 3.10. The molecule has 0 fully saturated rings. The minimum Gasteiger partial charge on any atom is -0.493 e. The number of ether oxygens (including phenoxy) is 2. The SMILES string of the molecule is COc1cc(CC(=O)O)cc(SC)c1OC. The molecule has 0 saturated heterocycles. The first kappa shape index (κ1) is 12.7. The van der Waals surface area contributed by atoms with Crippen molar-refractivity contribution in [1.82, 2.24) is 0 Å². The zero-order chi connectivity index (χ0) is 12.1. The number of carboxylic acids is 1. The fraction of sp³-hybridized carbons (Fsp3) is 0.364. The fourth-order valence-corrected chi connectivity index (χ4v) is 2.05. The Kier molecular flexibility index (Phi) is 4.49. The molecule has 1 N–H and O–H groups in total. The van der Waals surface area contributed by atoms with Crippen LogP contribution in [0.15, 0.2) is 17.0 Å². The minimum absolute atomic E-state index is 0.0199. The zero-order valence-electron chi connectivity index (χ0n) is 9.44. The Hall–Kier alpha value is -1.36. The van der Waals surface area contributed by atoms with Crippen LogP contribution in [0.4, 0.5) is 0 Å². The van der Waals surface area contributed by atoms with Crippen molar-refractivity contribution in [1.29, 1.82) is 0 Å². The van der Waals surface area contributed by atoms with Gasteiger partial charge in [-0.05, 0) is 24.0 Å². The van der Waals surface area contributed by atoms with Gasteiger partial charge in [0.2, 0.25) is 0 Å². The van der Waals surface area contributed by atoms with Gasteiger partial charge >= 0.3 is 5.97 Å². The average molecular weight is 242 g/mol. The second-order valence-electron chi connectivity index (χ2n) is 3.10. The van der Waals surface area contributed by atoms with Crippen LogP contribution in [-0.2, 0) is 11.2 Å². The Morgan fingerprint density at radius 3 is 2.50 bits per heavy atom. The van der Waals surface area contributed by atoms with Gasteiger partial charge in [0.05, 0.1) is 25.5 Å². The van der Waals surface area contributed by atoms with Crippen molar-refractivity contribution in [2.75, 3.05) is 20.5 Å². The molecule has 0 saturated carbocycles. The van der Waals surface area contributed by atoms with Crippen LogP contribution in [0, 0.1) is 0 Å². The minimum atomic E-state index is -0.862. The van der Waals surface area contributed by atoms with Crippen molar-refractivity contribution >= 4 is 17.7 Å². The Morgan fingerprint density at radius 2 is 2.06 bits per heavy atom. The third-order valence-electron chi connectivity index (χ3n) is 2.08. The van der Waals surface area contributed by atoms with Crippen molar-refractivity contribution in [3.05, 3.63) is 17.7 Å². The van der Waals surface area contributed by atoms with Crippen LogP contribution in [-0.4, -0.2) is 31.6 Å². The molecule has 0 aliphatic rings. The van der Waals surface area contributed by atoms with Gasteiger partial charge in [-0.1, -0.05) is 0 Å². The van der Waals surface area contributed by atoms with Gasteiger partial charge in [-0.3, -0.25) is 4.79 Å². The first-order chi connectivity index (χ1) is 7.62. The molecular weight excluding hydrogens is 228 g/mol. The highest BCUT2D eigenvalue weighted by Crippen LogP contribution is 2.37. The van der Waals surface area contributed by atoms with E-state index in [1.807, 2.05) is 6.26 Å². The van der Waals surface area contributed by atoms with E-state index in [-0.39, 0.29) is 6.42 Å². The molecule has 0 aliphatic carbocycles. The highest BCUT2D eigenvalue weighted by Gasteiger charge is 2.13. The quantitative estimate of drug-likeness (QED) is 0.801. The first-order valence-corrected chi connectivity index (χ1v) is 5.85. The number of carbonyl (C=O) groups is 1. The molecular formula is C11H14O4S. The van der Waals surface area contributed by atoms with Crippen molar-refractivity contribution in [3.8, 4) is 11.5 Å². The smallest absolute Gasteiger partial charge is 0.307 e. The molecule has 0 atom stereocenters. The predicted octanol–water partition coefficient (Wildman–Crippen LogP) is 2.05. The number of benzene rings is 1. The summed E-state index contributed by atoms with van der Waals surface area (Å²) in [5.74, 6) is 0.342. The summed E-state index contributed by atoms with van der Waals surface area (Å²) < 4.78 is 10.4. The van der Waals surface area contributed by atoms with E-state index in [0.717, 1.165) is 4.90 Å². The molecule has 4 nitrogen and oxygen atoms in total. The third-order valence-corrected chi connectivity index (χ3v) is 2.82. The van der Waals surface area contributed by atoms with Crippen LogP contribution >= 0.6 is 11.8 Å². The van der Waals surface area contributed by atoms with Gasteiger partial charge in [0.1, 0.15) is 0 Å². The van der Waals surface area contributed by atoms with Crippen molar-refractivity contribution in [2.45, 2.75) is 11.3 Å². The lowest BCUT2D eigenvalue weighted by atomic mass is 10.1. The maximum Gasteiger partial charge on any atom is 0.307 e. The summed E-state index contributed by atoms with van der Waals surface area (Å²) in [6, 6.07) is 3.49. The number of thioether (sulfide) groups is 1. The molecule has 1 aromatic carbocycles. The summed E-state index contributed by atoms with van der Waals surface area (Å²) in [5.41, 5.74) is 0.703. The molecule has 0 amide bonds. The molecule has 5 heteroatoms. The average Bonchev–Trinajstić information content (AvgIpc) is 2.26. The van der Waals surface area contributed by atoms with Gasteiger partial charge in [-0.2, -0.15) is 0 Å². The van der Waals surface area contributed by atoms with Crippen molar-refractivity contribution < 1.29 is 19.4 Å². The van der Waals surface area contributed by atoms with Crippen LogP contribution in [0.1, 0.15) is 5.56 Å². The van der Waals surface area contributed by atoms with E-state index in [0.29, 0.717) is 17.1 Å². The van der Waals surface area contributed by atoms with Crippen LogP contribution in [0.2, 0.25) is 0 Å². The zero-order valence-corrected chi connectivity index (χ0v) is 10.3. The van der Waals surface area contributed by atoms with E-state index in [1.54, 1.807) is 19.2 Å². The van der Waals surface area contributed by atoms with Crippen LogP contribution in [0.5, 0.6) is 11.5 Å². The highest BCUT2D eigenvalue weighted by atomic mass is 32.2. The maximum absolute atomic E-state index is 10.6. The predicted molar refractivity (Wildman–Crippen MR) is 62.7 cm³/mol. The van der Waals surface area contributed by atoms with Gasteiger partial charge < -0.3 is 14.6 Å². The summed E-state index contributed by atoms with van der Waals surface area (Å²) in [6.07, 6.45) is 1.88. The molecule has 88 valence electrons. The van der Waals surface area contributed by atoms with Crippen LogP contribution < -0.4 is 9.47 Å². The van der Waals surface area contributed by atoms with Gasteiger partial charge in [-0.15, -0.1) is 11.8 Å². The number of hydrogen-bond donors (Lipinski definition) is 1. The second-order valence-corrected chi connectivity index (χ2v) is 3.95. The lowest BCUT2D eigenvalue weighted by Gasteiger charge is -2.13. The van der Waals surface area contributed by atoms with E-state index in [4.69, 9.17) is 14.6 Å². The molecule has 0 unspecified atom stereocenters. The molecule has 0 spiro atoms. The van der Waals surface area contributed by atoms with Gasteiger partial charge in [0.25, 0.3) is 0 Å². The summed E-state index contributed by atoms with van der Waals surface area (Å²) in [5, 5.41) is 8.74. The number of hydrogen-bond acceptors (Lipinski definition) is 4. The fourth-order valence-electron chi connectivity index (χ4n) is 1.41. The van der Waals surface area contributed by atoms with Gasteiger partial charge in [0, 0.05) is 0 Å².